The Kier molecular flexibility index (Phi) is 6.35. The fourth-order valence-electron chi connectivity index (χ4n) is 1.97. The Labute approximate surface area is 158 Å². The largest absolute Gasteiger partial charge is 0.300 e. The molecule has 1 heterocycles. The molecule has 2 N–H and O–H groups in total. The van der Waals surface area contributed by atoms with E-state index >= 15 is 0 Å². The topological polar surface area (TPSA) is 101 Å². The van der Waals surface area contributed by atoms with Crippen LogP contribution in [0.1, 0.15) is 46.1 Å². The monoisotopic (exact) mass is 396 g/mol. The number of aromatic nitrogens is 2. The van der Waals surface area contributed by atoms with Crippen molar-refractivity contribution in [1.82, 2.24) is 10.2 Å². The van der Waals surface area contributed by atoms with Gasteiger partial charge in [-0.15, -0.1) is 10.2 Å². The van der Waals surface area contributed by atoms with Crippen LogP contribution < -0.4 is 10.0 Å². The molecule has 0 atom stereocenters. The molecule has 2 aromatic rings. The summed E-state index contributed by atoms with van der Waals surface area (Å²) in [5, 5.41) is 10.2. The van der Waals surface area contributed by atoms with Crippen molar-refractivity contribution in [2.45, 2.75) is 51.3 Å². The zero-order chi connectivity index (χ0) is 19.4. The molecule has 0 aliphatic heterocycles. The fraction of sp³-hybridized carbons (Fsp3) is 0.471. The minimum absolute atomic E-state index is 0.153. The Hall–Kier alpha value is -2.00. The number of nitrogens with zero attached hydrogens (tertiary/aromatic N) is 2. The maximum absolute atomic E-state index is 12.4. The number of anilines is 2. The predicted octanol–water partition coefficient (Wildman–Crippen LogP) is 3.67. The number of carbonyl (C=O) groups excluding carboxylic acids is 1. The number of carbonyl (C=O) groups is 1. The maximum Gasteiger partial charge on any atom is 0.291 e. The van der Waals surface area contributed by atoms with Crippen LogP contribution in [-0.4, -0.2) is 24.5 Å². The van der Waals surface area contributed by atoms with E-state index in [1.807, 2.05) is 12.1 Å². The molecule has 0 unspecified atom stereocenters. The van der Waals surface area contributed by atoms with Crippen LogP contribution in [-0.2, 0) is 21.2 Å². The van der Waals surface area contributed by atoms with Crippen molar-refractivity contribution in [3.8, 4) is 0 Å². The van der Waals surface area contributed by atoms with Gasteiger partial charge < -0.3 is 5.32 Å². The Bertz CT molecular complexity index is 853. The lowest BCUT2D eigenvalue weighted by Crippen LogP contribution is -2.27. The quantitative estimate of drug-likeness (QED) is 0.696. The van der Waals surface area contributed by atoms with Gasteiger partial charge in [0.25, 0.3) is 14.4 Å². The summed E-state index contributed by atoms with van der Waals surface area (Å²) in [5.74, 6) is -0.256. The van der Waals surface area contributed by atoms with Gasteiger partial charge in [-0.2, -0.15) is 8.42 Å². The summed E-state index contributed by atoms with van der Waals surface area (Å²) in [6.07, 6.45) is 3.18. The Balaban J connectivity index is 2.07. The molecule has 1 aromatic carbocycles. The molecule has 0 spiro atoms. The van der Waals surface area contributed by atoms with E-state index in [-0.39, 0.29) is 15.4 Å². The molecule has 1 amide bonds. The van der Waals surface area contributed by atoms with Gasteiger partial charge in [-0.05, 0) is 30.5 Å². The molecule has 0 saturated heterocycles. The summed E-state index contributed by atoms with van der Waals surface area (Å²) in [6.45, 7) is 7.40. The number of amides is 1. The van der Waals surface area contributed by atoms with Crippen LogP contribution in [0.2, 0.25) is 0 Å². The molecule has 0 aliphatic carbocycles. The molecule has 0 radical (unpaired) electrons. The number of nitrogens with one attached hydrogen (secondary N) is 2. The van der Waals surface area contributed by atoms with Crippen LogP contribution >= 0.6 is 11.3 Å². The number of hydrogen-bond acceptors (Lipinski definition) is 6. The molecule has 2 rings (SSSR count). The van der Waals surface area contributed by atoms with Crippen molar-refractivity contribution in [2.75, 3.05) is 10.0 Å². The van der Waals surface area contributed by atoms with Crippen molar-refractivity contribution >= 4 is 38.1 Å². The summed E-state index contributed by atoms with van der Waals surface area (Å²) in [4.78, 5) is 12.0. The molecule has 7 nitrogen and oxygen atoms in total. The molecular formula is C17H24N4O3S2. The number of unbranched alkanes of at least 4 members (excludes halogenated alkanes) is 1. The third kappa shape index (κ3) is 5.50. The van der Waals surface area contributed by atoms with Gasteiger partial charge in [0.2, 0.25) is 11.0 Å². The second kappa shape index (κ2) is 8.13. The second-order valence-corrected chi connectivity index (χ2v) is 9.82. The van der Waals surface area contributed by atoms with E-state index in [2.05, 4.69) is 27.2 Å². The average molecular weight is 397 g/mol. The fourth-order valence-corrected chi connectivity index (χ4v) is 3.93. The van der Waals surface area contributed by atoms with Crippen molar-refractivity contribution in [3.05, 3.63) is 29.8 Å². The van der Waals surface area contributed by atoms with E-state index in [0.717, 1.165) is 36.2 Å². The number of benzene rings is 1. The van der Waals surface area contributed by atoms with Crippen molar-refractivity contribution < 1.29 is 13.2 Å². The van der Waals surface area contributed by atoms with Crippen LogP contribution in [0, 0.1) is 5.41 Å². The molecule has 0 fully saturated rings. The zero-order valence-corrected chi connectivity index (χ0v) is 17.0. The Morgan fingerprint density at radius 3 is 2.38 bits per heavy atom. The summed E-state index contributed by atoms with van der Waals surface area (Å²) in [5.41, 5.74) is 1.02. The third-order valence-corrected chi connectivity index (χ3v) is 6.15. The van der Waals surface area contributed by atoms with Gasteiger partial charge in [0.15, 0.2) is 0 Å². The van der Waals surface area contributed by atoms with Crippen molar-refractivity contribution in [2.24, 2.45) is 5.41 Å². The Morgan fingerprint density at radius 1 is 1.15 bits per heavy atom. The predicted molar refractivity (Wildman–Crippen MR) is 104 cm³/mol. The number of aryl methyl sites for hydroxylation is 1. The molecule has 0 saturated carbocycles. The first-order valence-corrected chi connectivity index (χ1v) is 10.7. The molecule has 0 bridgehead atoms. The highest BCUT2D eigenvalue weighted by Gasteiger charge is 2.25. The molecule has 142 valence electrons. The van der Waals surface area contributed by atoms with Gasteiger partial charge in [0, 0.05) is 11.1 Å². The summed E-state index contributed by atoms with van der Waals surface area (Å²) in [7, 11) is -3.85. The average Bonchev–Trinajstić information content (AvgIpc) is 3.02. The van der Waals surface area contributed by atoms with E-state index in [0.29, 0.717) is 5.69 Å². The van der Waals surface area contributed by atoms with Gasteiger partial charge in [-0.3, -0.25) is 9.52 Å². The van der Waals surface area contributed by atoms with E-state index in [9.17, 15) is 13.2 Å². The molecule has 1 aromatic heterocycles. The highest BCUT2D eigenvalue weighted by atomic mass is 32.2. The lowest BCUT2D eigenvalue weighted by atomic mass is 9.96. The van der Waals surface area contributed by atoms with E-state index in [4.69, 9.17) is 0 Å². The lowest BCUT2D eigenvalue weighted by Gasteiger charge is -2.15. The van der Waals surface area contributed by atoms with Crippen LogP contribution in [0.3, 0.4) is 0 Å². The summed E-state index contributed by atoms with van der Waals surface area (Å²) in [6, 6.07) is 7.27. The standard InChI is InChI=1S/C17H24N4O3S2/c1-5-6-7-12-8-10-13(11-9-12)21-26(23,24)16-20-19-15(25-16)18-14(22)17(2,3)4/h8-11,21H,5-7H2,1-4H3,(H,18,19,22). The molecular weight excluding hydrogens is 372 g/mol. The number of hydrogen-bond donors (Lipinski definition) is 2. The van der Waals surface area contributed by atoms with Gasteiger partial charge in [-0.1, -0.05) is 57.6 Å². The molecule has 26 heavy (non-hydrogen) atoms. The first-order chi connectivity index (χ1) is 12.1. The van der Waals surface area contributed by atoms with E-state index < -0.39 is 15.4 Å². The van der Waals surface area contributed by atoms with Crippen LogP contribution in [0.15, 0.2) is 28.6 Å². The smallest absolute Gasteiger partial charge is 0.291 e. The Morgan fingerprint density at radius 2 is 1.81 bits per heavy atom. The number of sulfonamides is 1. The van der Waals surface area contributed by atoms with Gasteiger partial charge in [0.1, 0.15) is 0 Å². The number of rotatable bonds is 7. The highest BCUT2D eigenvalue weighted by molar-refractivity contribution is 7.94. The molecule has 9 heteroatoms. The third-order valence-electron chi connectivity index (χ3n) is 3.56. The van der Waals surface area contributed by atoms with Crippen LogP contribution in [0.4, 0.5) is 10.8 Å². The van der Waals surface area contributed by atoms with Gasteiger partial charge in [-0.25, -0.2) is 0 Å². The minimum atomic E-state index is -3.85. The van der Waals surface area contributed by atoms with Crippen LogP contribution in [0.5, 0.6) is 0 Å². The highest BCUT2D eigenvalue weighted by Crippen LogP contribution is 2.24. The first-order valence-electron chi connectivity index (χ1n) is 8.38. The molecule has 0 aliphatic rings. The van der Waals surface area contributed by atoms with Gasteiger partial charge >= 0.3 is 0 Å². The van der Waals surface area contributed by atoms with Gasteiger partial charge in [0.05, 0.1) is 0 Å². The minimum Gasteiger partial charge on any atom is -0.300 e. The van der Waals surface area contributed by atoms with E-state index in [1.165, 1.54) is 0 Å². The lowest BCUT2D eigenvalue weighted by molar-refractivity contribution is -0.123. The first kappa shape index (κ1) is 20.3. The van der Waals surface area contributed by atoms with Crippen LogP contribution in [0.25, 0.3) is 0 Å². The summed E-state index contributed by atoms with van der Waals surface area (Å²) >= 11 is 0.813. The maximum atomic E-state index is 12.4. The summed E-state index contributed by atoms with van der Waals surface area (Å²) < 4.78 is 27.2. The van der Waals surface area contributed by atoms with Crippen molar-refractivity contribution in [1.29, 1.82) is 0 Å². The van der Waals surface area contributed by atoms with Crippen molar-refractivity contribution in [3.63, 3.8) is 0 Å². The van der Waals surface area contributed by atoms with E-state index in [1.54, 1.807) is 32.9 Å². The second-order valence-electron chi connectivity index (χ2n) is 6.98. The zero-order valence-electron chi connectivity index (χ0n) is 15.4. The SMILES string of the molecule is CCCCc1ccc(NS(=O)(=O)c2nnc(NC(=O)C(C)(C)C)s2)cc1. The normalized spacial score (nSPS) is 12.0.